The molecule has 1 aromatic carbocycles. The summed E-state index contributed by atoms with van der Waals surface area (Å²) in [5.41, 5.74) is 0.938. The average Bonchev–Trinajstić information content (AvgIpc) is 2.51. The smallest absolute Gasteiger partial charge is 0.153 e. The predicted octanol–water partition coefficient (Wildman–Crippen LogP) is 1.34. The Hall–Kier alpha value is -1.97. The van der Waals surface area contributed by atoms with Crippen LogP contribution in [0.1, 0.15) is 5.56 Å². The molecule has 0 amide bonds. The molecule has 2 aromatic rings. The molecule has 2 N–H and O–H groups in total. The molecule has 0 saturated heterocycles. The monoisotopic (exact) mass is 190 g/mol. The Labute approximate surface area is 81.0 Å². The molecule has 4 nitrogen and oxygen atoms in total. The first-order valence-corrected chi connectivity index (χ1v) is 4.23. The van der Waals surface area contributed by atoms with Crippen LogP contribution in [0.4, 0.5) is 0 Å². The van der Waals surface area contributed by atoms with Crippen LogP contribution in [0.2, 0.25) is 0 Å². The SMILES string of the molecule is Oc1cccc(Cn2cc(O)cn2)c1. The van der Waals surface area contributed by atoms with Crippen molar-refractivity contribution < 1.29 is 10.2 Å². The lowest BCUT2D eigenvalue weighted by molar-refractivity contribution is 0.473. The Morgan fingerprint density at radius 3 is 2.71 bits per heavy atom. The van der Waals surface area contributed by atoms with Crippen molar-refractivity contribution in [2.45, 2.75) is 6.54 Å². The van der Waals surface area contributed by atoms with Gasteiger partial charge in [-0.1, -0.05) is 12.1 Å². The lowest BCUT2D eigenvalue weighted by atomic mass is 10.2. The second-order valence-electron chi connectivity index (χ2n) is 3.07. The summed E-state index contributed by atoms with van der Waals surface area (Å²) in [7, 11) is 0. The van der Waals surface area contributed by atoms with Gasteiger partial charge in [-0.2, -0.15) is 5.10 Å². The fourth-order valence-corrected chi connectivity index (χ4v) is 1.28. The van der Waals surface area contributed by atoms with E-state index in [1.807, 2.05) is 6.07 Å². The van der Waals surface area contributed by atoms with Gasteiger partial charge in [0.25, 0.3) is 0 Å². The normalized spacial score (nSPS) is 10.3. The molecule has 2 rings (SSSR count). The summed E-state index contributed by atoms with van der Waals surface area (Å²) in [5, 5.41) is 22.2. The molecule has 0 saturated carbocycles. The molecule has 1 heterocycles. The van der Waals surface area contributed by atoms with Crippen molar-refractivity contribution in [2.75, 3.05) is 0 Å². The number of hydrogen-bond acceptors (Lipinski definition) is 3. The van der Waals surface area contributed by atoms with Crippen LogP contribution in [0.15, 0.2) is 36.7 Å². The highest BCUT2D eigenvalue weighted by Gasteiger charge is 1.98. The quantitative estimate of drug-likeness (QED) is 0.751. The van der Waals surface area contributed by atoms with Crippen LogP contribution in [0, 0.1) is 0 Å². The fraction of sp³-hybridized carbons (Fsp3) is 0.100. The third-order valence-electron chi connectivity index (χ3n) is 1.87. The number of phenols is 1. The van der Waals surface area contributed by atoms with Gasteiger partial charge >= 0.3 is 0 Å². The van der Waals surface area contributed by atoms with Gasteiger partial charge in [0.15, 0.2) is 5.75 Å². The van der Waals surface area contributed by atoms with E-state index in [1.165, 1.54) is 12.4 Å². The van der Waals surface area contributed by atoms with Gasteiger partial charge in [0, 0.05) is 0 Å². The van der Waals surface area contributed by atoms with Crippen molar-refractivity contribution in [3.63, 3.8) is 0 Å². The third-order valence-corrected chi connectivity index (χ3v) is 1.87. The first-order valence-electron chi connectivity index (χ1n) is 4.23. The number of aromatic nitrogens is 2. The zero-order valence-corrected chi connectivity index (χ0v) is 7.46. The van der Waals surface area contributed by atoms with Crippen molar-refractivity contribution in [3.05, 3.63) is 42.2 Å². The molecule has 0 radical (unpaired) electrons. The molecule has 14 heavy (non-hydrogen) atoms. The first kappa shape index (κ1) is 8.62. The van der Waals surface area contributed by atoms with Crippen LogP contribution in [-0.2, 0) is 6.54 Å². The van der Waals surface area contributed by atoms with Crippen LogP contribution in [-0.4, -0.2) is 20.0 Å². The largest absolute Gasteiger partial charge is 0.508 e. The maximum atomic E-state index is 9.22. The standard InChI is InChI=1S/C10H10N2O2/c13-9-3-1-2-8(4-9)6-12-7-10(14)5-11-12/h1-5,7,13-14H,6H2. The summed E-state index contributed by atoms with van der Waals surface area (Å²) in [4.78, 5) is 0. The molecule has 0 unspecified atom stereocenters. The Balaban J connectivity index is 2.18. The van der Waals surface area contributed by atoms with Crippen molar-refractivity contribution in [3.8, 4) is 11.5 Å². The van der Waals surface area contributed by atoms with Crippen LogP contribution < -0.4 is 0 Å². The van der Waals surface area contributed by atoms with E-state index < -0.39 is 0 Å². The molecule has 0 aliphatic carbocycles. The Kier molecular flexibility index (Phi) is 2.10. The van der Waals surface area contributed by atoms with E-state index in [0.717, 1.165) is 5.56 Å². The fourth-order valence-electron chi connectivity index (χ4n) is 1.28. The molecule has 72 valence electrons. The van der Waals surface area contributed by atoms with Gasteiger partial charge in [-0.05, 0) is 17.7 Å². The van der Waals surface area contributed by atoms with Crippen molar-refractivity contribution in [1.29, 1.82) is 0 Å². The van der Waals surface area contributed by atoms with Gasteiger partial charge in [0.2, 0.25) is 0 Å². The Morgan fingerprint density at radius 1 is 1.21 bits per heavy atom. The Morgan fingerprint density at radius 2 is 2.07 bits per heavy atom. The molecule has 0 atom stereocenters. The highest BCUT2D eigenvalue weighted by Crippen LogP contribution is 2.13. The molecule has 1 aromatic heterocycles. The van der Waals surface area contributed by atoms with Gasteiger partial charge in [-0.3, -0.25) is 4.68 Å². The van der Waals surface area contributed by atoms with Gasteiger partial charge in [0.1, 0.15) is 5.75 Å². The minimum absolute atomic E-state index is 0.144. The average molecular weight is 190 g/mol. The topological polar surface area (TPSA) is 58.3 Å². The molecule has 0 bridgehead atoms. The number of hydrogen-bond donors (Lipinski definition) is 2. The summed E-state index contributed by atoms with van der Waals surface area (Å²) in [6, 6.07) is 6.94. The number of phenolic OH excluding ortho intramolecular Hbond substituents is 1. The van der Waals surface area contributed by atoms with E-state index in [1.54, 1.807) is 22.9 Å². The van der Waals surface area contributed by atoms with Crippen LogP contribution in [0.5, 0.6) is 11.5 Å². The molecule has 0 aliphatic rings. The van der Waals surface area contributed by atoms with Crippen LogP contribution in [0.25, 0.3) is 0 Å². The van der Waals surface area contributed by atoms with E-state index >= 15 is 0 Å². The highest BCUT2D eigenvalue weighted by molar-refractivity contribution is 5.27. The lowest BCUT2D eigenvalue weighted by Crippen LogP contribution is -1.99. The number of aromatic hydroxyl groups is 2. The molecule has 0 fully saturated rings. The van der Waals surface area contributed by atoms with Crippen LogP contribution >= 0.6 is 0 Å². The van der Waals surface area contributed by atoms with E-state index in [9.17, 15) is 5.11 Å². The van der Waals surface area contributed by atoms with Crippen LogP contribution in [0.3, 0.4) is 0 Å². The van der Waals surface area contributed by atoms with Crippen molar-refractivity contribution in [1.82, 2.24) is 9.78 Å². The number of benzene rings is 1. The second-order valence-corrected chi connectivity index (χ2v) is 3.07. The van der Waals surface area contributed by atoms with E-state index in [-0.39, 0.29) is 11.5 Å². The summed E-state index contributed by atoms with van der Waals surface area (Å²) >= 11 is 0. The maximum Gasteiger partial charge on any atom is 0.153 e. The zero-order chi connectivity index (χ0) is 9.97. The molecule has 4 heteroatoms. The summed E-state index contributed by atoms with van der Waals surface area (Å²) < 4.78 is 1.60. The molecular formula is C10H10N2O2. The Bertz CT molecular complexity index is 437. The van der Waals surface area contributed by atoms with Gasteiger partial charge in [-0.25, -0.2) is 0 Å². The molecular weight excluding hydrogens is 180 g/mol. The predicted molar refractivity (Wildman–Crippen MR) is 51.1 cm³/mol. The third kappa shape index (κ3) is 1.85. The number of nitrogens with zero attached hydrogens (tertiary/aromatic N) is 2. The zero-order valence-electron chi connectivity index (χ0n) is 7.46. The summed E-state index contributed by atoms with van der Waals surface area (Å²) in [6.07, 6.45) is 2.91. The van der Waals surface area contributed by atoms with Crippen molar-refractivity contribution in [2.24, 2.45) is 0 Å². The van der Waals surface area contributed by atoms with E-state index in [4.69, 9.17) is 5.11 Å². The summed E-state index contributed by atoms with van der Waals surface area (Å²) in [5.74, 6) is 0.379. The van der Waals surface area contributed by atoms with Gasteiger partial charge < -0.3 is 10.2 Å². The van der Waals surface area contributed by atoms with Crippen molar-refractivity contribution >= 4 is 0 Å². The summed E-state index contributed by atoms with van der Waals surface area (Å²) in [6.45, 7) is 0.537. The molecule has 0 aliphatic heterocycles. The highest BCUT2D eigenvalue weighted by atomic mass is 16.3. The molecule has 0 spiro atoms. The lowest BCUT2D eigenvalue weighted by Gasteiger charge is -2.01. The maximum absolute atomic E-state index is 9.22. The van der Waals surface area contributed by atoms with Gasteiger partial charge in [-0.15, -0.1) is 0 Å². The van der Waals surface area contributed by atoms with E-state index in [0.29, 0.717) is 6.54 Å². The van der Waals surface area contributed by atoms with E-state index in [2.05, 4.69) is 5.10 Å². The first-order chi connectivity index (χ1) is 6.74. The number of rotatable bonds is 2. The second kappa shape index (κ2) is 3.41. The van der Waals surface area contributed by atoms with Gasteiger partial charge in [0.05, 0.1) is 18.9 Å². The minimum Gasteiger partial charge on any atom is -0.508 e. The minimum atomic E-state index is 0.144.